The molecule has 0 aliphatic heterocycles. The van der Waals surface area contributed by atoms with Crippen molar-refractivity contribution in [3.63, 3.8) is 0 Å². The van der Waals surface area contributed by atoms with Crippen LogP contribution in [0.2, 0.25) is 0 Å². The van der Waals surface area contributed by atoms with Gasteiger partial charge in [-0.3, -0.25) is 14.9 Å². The van der Waals surface area contributed by atoms with Crippen LogP contribution in [0.4, 0.5) is 11.4 Å². The van der Waals surface area contributed by atoms with Gasteiger partial charge in [0.05, 0.1) is 25.4 Å². The number of rotatable bonds is 7. The van der Waals surface area contributed by atoms with Crippen molar-refractivity contribution in [2.24, 2.45) is 0 Å². The Morgan fingerprint density at radius 3 is 2.59 bits per heavy atom. The molecular weight excluding hydrogens is 436 g/mol. The third kappa shape index (κ3) is 4.61. The molecule has 0 radical (unpaired) electrons. The molecule has 4 aromatic rings. The van der Waals surface area contributed by atoms with Crippen molar-refractivity contribution in [2.75, 3.05) is 19.5 Å². The van der Waals surface area contributed by atoms with E-state index in [0.29, 0.717) is 22.6 Å². The smallest absolute Gasteiger partial charge is 0.271 e. The molecule has 34 heavy (non-hydrogen) atoms. The van der Waals surface area contributed by atoms with Gasteiger partial charge in [-0.15, -0.1) is 0 Å². The maximum atomic E-state index is 12.6. The summed E-state index contributed by atoms with van der Waals surface area (Å²) in [6.07, 6.45) is 3.10. The average Bonchev–Trinajstić information content (AvgIpc) is 3.26. The van der Waals surface area contributed by atoms with Gasteiger partial charge in [-0.05, 0) is 42.3 Å². The number of benzene rings is 3. The Labute approximate surface area is 195 Å². The highest BCUT2D eigenvalue weighted by Crippen LogP contribution is 2.38. The van der Waals surface area contributed by atoms with E-state index in [1.807, 2.05) is 30.3 Å². The summed E-state index contributed by atoms with van der Waals surface area (Å²) in [5.74, 6) is 0.866. The van der Waals surface area contributed by atoms with Crippen LogP contribution >= 0.6 is 0 Å². The van der Waals surface area contributed by atoms with Crippen LogP contribution in [-0.2, 0) is 4.79 Å². The minimum absolute atomic E-state index is 0.101. The summed E-state index contributed by atoms with van der Waals surface area (Å²) in [7, 11) is 3.16. The lowest BCUT2D eigenvalue weighted by molar-refractivity contribution is -0.384. The van der Waals surface area contributed by atoms with Crippen LogP contribution in [0.1, 0.15) is 12.5 Å². The minimum Gasteiger partial charge on any atom is -0.497 e. The number of furan rings is 1. The van der Waals surface area contributed by atoms with E-state index in [1.165, 1.54) is 24.3 Å². The van der Waals surface area contributed by atoms with Gasteiger partial charge in [0.1, 0.15) is 17.1 Å². The fourth-order valence-corrected chi connectivity index (χ4v) is 3.70. The van der Waals surface area contributed by atoms with E-state index in [-0.39, 0.29) is 5.69 Å². The van der Waals surface area contributed by atoms with E-state index in [2.05, 4.69) is 5.32 Å². The Morgan fingerprint density at radius 2 is 1.85 bits per heavy atom. The number of nitrogens with one attached hydrogen (secondary N) is 1. The molecular formula is C26H22N2O6. The maximum Gasteiger partial charge on any atom is 0.271 e. The molecule has 172 valence electrons. The van der Waals surface area contributed by atoms with E-state index in [9.17, 15) is 14.9 Å². The number of carbonyl (C=O) groups is 1. The Morgan fingerprint density at radius 1 is 1.06 bits per heavy atom. The zero-order valence-corrected chi connectivity index (χ0v) is 18.8. The molecule has 0 aliphatic rings. The first-order chi connectivity index (χ1) is 16.4. The number of allylic oxidation sites excluding steroid dienone is 1. The second kappa shape index (κ2) is 9.50. The minimum atomic E-state index is -0.512. The number of non-ortho nitro benzene ring substituents is 1. The van der Waals surface area contributed by atoms with Gasteiger partial charge in [-0.25, -0.2) is 0 Å². The lowest BCUT2D eigenvalue weighted by Crippen LogP contribution is -2.09. The Bertz CT molecular complexity index is 1420. The number of ether oxygens (including phenoxy) is 2. The molecule has 0 atom stereocenters. The molecule has 3 aromatic carbocycles. The molecule has 1 N–H and O–H groups in total. The zero-order valence-electron chi connectivity index (χ0n) is 18.8. The van der Waals surface area contributed by atoms with Gasteiger partial charge in [0.2, 0.25) is 5.91 Å². The van der Waals surface area contributed by atoms with Gasteiger partial charge in [-0.2, -0.15) is 0 Å². The third-order valence-electron chi connectivity index (χ3n) is 5.37. The number of fused-ring (bicyclic) bond motifs is 1. The van der Waals surface area contributed by atoms with Gasteiger partial charge in [-0.1, -0.05) is 18.2 Å². The van der Waals surface area contributed by atoms with Crippen molar-refractivity contribution in [3.8, 4) is 22.6 Å². The molecule has 0 unspecified atom stereocenters. The van der Waals surface area contributed by atoms with Crippen LogP contribution in [0.3, 0.4) is 0 Å². The van der Waals surface area contributed by atoms with E-state index >= 15 is 0 Å². The SMILES string of the molecule is COc1cccc(-c2coc3cc(OC)c(/C(C)=C/C(=O)Nc4cccc([N+](=O)[O-])c4)cc23)c1. The Balaban J connectivity index is 1.69. The molecule has 0 saturated carbocycles. The van der Waals surface area contributed by atoms with Crippen molar-refractivity contribution < 1.29 is 23.6 Å². The quantitative estimate of drug-likeness (QED) is 0.205. The molecule has 1 heterocycles. The molecule has 1 amide bonds. The Kier molecular flexibility index (Phi) is 6.31. The van der Waals surface area contributed by atoms with Gasteiger partial charge >= 0.3 is 0 Å². The summed E-state index contributed by atoms with van der Waals surface area (Å²) in [5.41, 5.74) is 4.06. The molecule has 0 aliphatic carbocycles. The van der Waals surface area contributed by atoms with Crippen LogP contribution in [-0.4, -0.2) is 25.1 Å². The lowest BCUT2D eigenvalue weighted by Gasteiger charge is -2.10. The molecule has 0 fully saturated rings. The van der Waals surface area contributed by atoms with Gasteiger partial charge in [0.15, 0.2) is 0 Å². The molecule has 8 heteroatoms. The number of carbonyl (C=O) groups excluding carboxylic acids is 1. The molecule has 4 rings (SSSR count). The number of nitro groups is 1. The summed E-state index contributed by atoms with van der Waals surface area (Å²) in [6.45, 7) is 1.79. The second-order valence-electron chi connectivity index (χ2n) is 7.55. The summed E-state index contributed by atoms with van der Waals surface area (Å²) in [6, 6.07) is 17.1. The van der Waals surface area contributed by atoms with Crippen LogP contribution < -0.4 is 14.8 Å². The third-order valence-corrected chi connectivity index (χ3v) is 5.37. The zero-order chi connectivity index (χ0) is 24.2. The first kappa shape index (κ1) is 22.6. The molecule has 0 spiro atoms. The first-order valence-corrected chi connectivity index (χ1v) is 10.4. The maximum absolute atomic E-state index is 12.6. The summed E-state index contributed by atoms with van der Waals surface area (Å²) in [4.78, 5) is 23.1. The van der Waals surface area contributed by atoms with Gasteiger partial charge < -0.3 is 19.2 Å². The first-order valence-electron chi connectivity index (χ1n) is 10.4. The predicted octanol–water partition coefficient (Wildman–Crippen LogP) is 6.07. The number of methoxy groups -OCH3 is 2. The molecule has 1 aromatic heterocycles. The average molecular weight is 458 g/mol. The standard InChI is InChI=1S/C26H22N2O6/c1-16(10-26(29)27-18-7-5-8-19(12-18)28(30)31)21-13-22-23(15-34-25(22)14-24(21)33-3)17-6-4-9-20(11-17)32-2/h4-15H,1-3H3,(H,27,29)/b16-10+. The number of hydrogen-bond donors (Lipinski definition) is 1. The lowest BCUT2D eigenvalue weighted by atomic mass is 9.99. The highest BCUT2D eigenvalue weighted by Gasteiger charge is 2.16. The van der Waals surface area contributed by atoms with Crippen molar-refractivity contribution in [2.45, 2.75) is 6.92 Å². The molecule has 0 saturated heterocycles. The Hall–Kier alpha value is -4.59. The normalized spacial score (nSPS) is 11.3. The van der Waals surface area contributed by atoms with Crippen LogP contribution in [0, 0.1) is 10.1 Å². The molecule has 0 bridgehead atoms. The van der Waals surface area contributed by atoms with E-state index in [4.69, 9.17) is 13.9 Å². The van der Waals surface area contributed by atoms with Crippen LogP contribution in [0.15, 0.2) is 77.4 Å². The number of anilines is 1. The topological polar surface area (TPSA) is 104 Å². The van der Waals surface area contributed by atoms with Crippen molar-refractivity contribution in [3.05, 3.63) is 88.7 Å². The van der Waals surface area contributed by atoms with E-state index in [1.54, 1.807) is 39.5 Å². The number of nitro benzene ring substituents is 1. The van der Waals surface area contributed by atoms with Crippen molar-refractivity contribution in [1.82, 2.24) is 0 Å². The summed E-state index contributed by atoms with van der Waals surface area (Å²) >= 11 is 0. The van der Waals surface area contributed by atoms with Gasteiger partial charge in [0, 0.05) is 46.5 Å². The van der Waals surface area contributed by atoms with Crippen molar-refractivity contribution in [1.29, 1.82) is 0 Å². The summed E-state index contributed by atoms with van der Waals surface area (Å²) < 4.78 is 16.6. The highest BCUT2D eigenvalue weighted by molar-refractivity contribution is 6.05. The van der Waals surface area contributed by atoms with Crippen LogP contribution in [0.25, 0.3) is 27.7 Å². The van der Waals surface area contributed by atoms with Crippen LogP contribution in [0.5, 0.6) is 11.5 Å². The van der Waals surface area contributed by atoms with Crippen molar-refractivity contribution >= 4 is 33.8 Å². The van der Waals surface area contributed by atoms with Gasteiger partial charge in [0.25, 0.3) is 5.69 Å². The number of amides is 1. The largest absolute Gasteiger partial charge is 0.497 e. The number of nitrogens with zero attached hydrogens (tertiary/aromatic N) is 1. The van der Waals surface area contributed by atoms with E-state index < -0.39 is 10.8 Å². The fraction of sp³-hybridized carbons (Fsp3) is 0.115. The summed E-state index contributed by atoms with van der Waals surface area (Å²) in [5, 5.41) is 14.5. The predicted molar refractivity (Wildman–Crippen MR) is 130 cm³/mol. The van der Waals surface area contributed by atoms with E-state index in [0.717, 1.165) is 27.8 Å². The number of hydrogen-bond acceptors (Lipinski definition) is 6. The monoisotopic (exact) mass is 458 g/mol. The fourth-order valence-electron chi connectivity index (χ4n) is 3.70. The second-order valence-corrected chi connectivity index (χ2v) is 7.55. The highest BCUT2D eigenvalue weighted by atomic mass is 16.6. The molecule has 8 nitrogen and oxygen atoms in total.